The molecule has 0 saturated heterocycles. The maximum Gasteiger partial charge on any atom is 0.264 e. The van der Waals surface area contributed by atoms with Gasteiger partial charge in [-0.2, -0.15) is 0 Å². The minimum Gasteiger partial charge on any atom is -0.493 e. The fourth-order valence-corrected chi connectivity index (χ4v) is 1.70. The van der Waals surface area contributed by atoms with E-state index in [4.69, 9.17) is 9.47 Å². The highest BCUT2D eigenvalue weighted by Gasteiger charge is 2.07. The van der Waals surface area contributed by atoms with Crippen LogP contribution in [-0.4, -0.2) is 25.4 Å². The van der Waals surface area contributed by atoms with E-state index >= 15 is 0 Å². The summed E-state index contributed by atoms with van der Waals surface area (Å²) in [7, 11) is 3.08. The second kappa shape index (κ2) is 6.75. The second-order valence-corrected chi connectivity index (χ2v) is 4.03. The van der Waals surface area contributed by atoms with Crippen LogP contribution < -0.4 is 14.8 Å². The molecule has 0 amide bonds. The van der Waals surface area contributed by atoms with Crippen molar-refractivity contribution in [2.75, 3.05) is 25.8 Å². The lowest BCUT2D eigenvalue weighted by atomic mass is 10.3. The Bertz CT molecular complexity index is 462. The average Bonchev–Trinajstić information content (AvgIpc) is 2.37. The molecule has 6 nitrogen and oxygen atoms in total. The number of nitrogens with zero attached hydrogens (tertiary/aromatic N) is 1. The summed E-state index contributed by atoms with van der Waals surface area (Å²) in [4.78, 5) is 9.91. The molecule has 0 aromatic heterocycles. The van der Waals surface area contributed by atoms with Gasteiger partial charge in [0.2, 0.25) is 0 Å². The van der Waals surface area contributed by atoms with E-state index in [9.17, 15) is 10.1 Å². The number of anilines is 1. The lowest BCUT2D eigenvalue weighted by Gasteiger charge is -2.11. The van der Waals surface area contributed by atoms with E-state index in [0.717, 1.165) is 6.20 Å². The first-order valence-corrected chi connectivity index (χ1v) is 6.21. The maximum absolute atomic E-state index is 10.4. The molecule has 0 bridgehead atoms. The van der Waals surface area contributed by atoms with Crippen LogP contribution in [0.25, 0.3) is 0 Å². The maximum atomic E-state index is 10.4. The molecule has 0 unspecified atom stereocenters. The summed E-state index contributed by atoms with van der Waals surface area (Å²) in [6.45, 7) is 0. The van der Waals surface area contributed by atoms with Gasteiger partial charge in [-0.05, 0) is 18.4 Å². The first kappa shape index (κ1) is 14.2. The number of methoxy groups -OCH3 is 2. The molecule has 0 atom stereocenters. The Kier molecular flexibility index (Phi) is 5.31. The molecule has 0 aliphatic heterocycles. The number of ether oxygens (including phenoxy) is 2. The molecule has 18 heavy (non-hydrogen) atoms. The molecule has 0 saturated carbocycles. The summed E-state index contributed by atoms with van der Waals surface area (Å²) in [6.07, 6.45) is 2.67. The summed E-state index contributed by atoms with van der Waals surface area (Å²) >= 11 is 1.25. The first-order valence-electron chi connectivity index (χ1n) is 4.99. The Balaban J connectivity index is 2.94. The molecule has 1 rings (SSSR count). The van der Waals surface area contributed by atoms with E-state index in [1.54, 1.807) is 31.6 Å². The number of benzene rings is 1. The van der Waals surface area contributed by atoms with Gasteiger partial charge in [0.1, 0.15) is 5.03 Å². The normalized spacial score (nSPS) is 10.9. The third-order valence-electron chi connectivity index (χ3n) is 2.09. The molecule has 0 heterocycles. The molecule has 0 radical (unpaired) electrons. The quantitative estimate of drug-likeness (QED) is 0.632. The molecular formula is C11H14N2O4S. The van der Waals surface area contributed by atoms with Crippen molar-refractivity contribution in [3.05, 3.63) is 39.5 Å². The van der Waals surface area contributed by atoms with Gasteiger partial charge in [0, 0.05) is 11.8 Å². The van der Waals surface area contributed by atoms with Crippen molar-refractivity contribution in [1.82, 2.24) is 0 Å². The third-order valence-corrected chi connectivity index (χ3v) is 2.74. The summed E-state index contributed by atoms with van der Waals surface area (Å²) < 4.78 is 10.3. The summed E-state index contributed by atoms with van der Waals surface area (Å²) in [5, 5.41) is 13.8. The predicted molar refractivity (Wildman–Crippen MR) is 71.8 cm³/mol. The van der Waals surface area contributed by atoms with Gasteiger partial charge >= 0.3 is 0 Å². The van der Waals surface area contributed by atoms with Gasteiger partial charge in [-0.3, -0.25) is 10.1 Å². The number of hydrogen-bond acceptors (Lipinski definition) is 6. The van der Waals surface area contributed by atoms with Gasteiger partial charge < -0.3 is 14.8 Å². The average molecular weight is 270 g/mol. The Morgan fingerprint density at radius 2 is 2.06 bits per heavy atom. The number of thioether (sulfide) groups is 1. The second-order valence-electron chi connectivity index (χ2n) is 3.18. The van der Waals surface area contributed by atoms with Gasteiger partial charge in [-0.15, -0.1) is 11.8 Å². The van der Waals surface area contributed by atoms with Crippen LogP contribution in [0.4, 0.5) is 5.69 Å². The molecule has 0 aliphatic rings. The lowest BCUT2D eigenvalue weighted by Crippen LogP contribution is -2.00. The summed E-state index contributed by atoms with van der Waals surface area (Å²) in [5.74, 6) is 1.16. The number of rotatable bonds is 6. The summed E-state index contributed by atoms with van der Waals surface area (Å²) in [6, 6.07) is 5.19. The van der Waals surface area contributed by atoms with Crippen LogP contribution in [0.3, 0.4) is 0 Å². The highest BCUT2D eigenvalue weighted by molar-refractivity contribution is 8.02. The topological polar surface area (TPSA) is 73.6 Å². The fourth-order valence-electron chi connectivity index (χ4n) is 1.29. The van der Waals surface area contributed by atoms with Crippen molar-refractivity contribution in [3.8, 4) is 11.5 Å². The smallest absolute Gasteiger partial charge is 0.264 e. The van der Waals surface area contributed by atoms with Crippen molar-refractivity contribution in [1.29, 1.82) is 0 Å². The highest BCUT2D eigenvalue weighted by Crippen LogP contribution is 2.30. The van der Waals surface area contributed by atoms with Gasteiger partial charge in [0.25, 0.3) is 6.20 Å². The van der Waals surface area contributed by atoms with Crippen molar-refractivity contribution in [2.24, 2.45) is 0 Å². The zero-order valence-electron chi connectivity index (χ0n) is 10.3. The molecule has 0 spiro atoms. The van der Waals surface area contributed by atoms with Crippen LogP contribution >= 0.6 is 11.8 Å². The molecule has 1 aromatic carbocycles. The van der Waals surface area contributed by atoms with Crippen LogP contribution in [0.15, 0.2) is 29.4 Å². The van der Waals surface area contributed by atoms with Crippen LogP contribution in [-0.2, 0) is 0 Å². The zero-order valence-corrected chi connectivity index (χ0v) is 11.1. The molecule has 1 aromatic rings. The molecule has 0 aliphatic carbocycles. The molecule has 0 fully saturated rings. The van der Waals surface area contributed by atoms with Crippen LogP contribution in [0.5, 0.6) is 11.5 Å². The Morgan fingerprint density at radius 1 is 1.39 bits per heavy atom. The molecular weight excluding hydrogens is 256 g/mol. The Labute approximate surface area is 109 Å². The predicted octanol–water partition coefficient (Wildman–Crippen LogP) is 2.55. The zero-order chi connectivity index (χ0) is 13.5. The lowest BCUT2D eigenvalue weighted by molar-refractivity contribution is -0.402. The largest absolute Gasteiger partial charge is 0.493 e. The monoisotopic (exact) mass is 270 g/mol. The highest BCUT2D eigenvalue weighted by atomic mass is 32.2. The van der Waals surface area contributed by atoms with Gasteiger partial charge in [0.15, 0.2) is 11.5 Å². The number of hydrogen-bond donors (Lipinski definition) is 1. The van der Waals surface area contributed by atoms with E-state index < -0.39 is 4.92 Å². The molecule has 7 heteroatoms. The number of nitro groups is 1. The third kappa shape index (κ3) is 3.85. The molecule has 98 valence electrons. The van der Waals surface area contributed by atoms with Gasteiger partial charge in [-0.25, -0.2) is 0 Å². The van der Waals surface area contributed by atoms with Crippen LogP contribution in [0, 0.1) is 10.1 Å². The van der Waals surface area contributed by atoms with E-state index in [0.29, 0.717) is 22.2 Å². The van der Waals surface area contributed by atoms with E-state index in [1.165, 1.54) is 18.9 Å². The summed E-state index contributed by atoms with van der Waals surface area (Å²) in [5.41, 5.74) is 0.690. The minimum absolute atomic E-state index is 0.437. The molecule has 1 N–H and O–H groups in total. The van der Waals surface area contributed by atoms with Crippen LogP contribution in [0.1, 0.15) is 0 Å². The van der Waals surface area contributed by atoms with Gasteiger partial charge in [-0.1, -0.05) is 0 Å². The van der Waals surface area contributed by atoms with E-state index in [2.05, 4.69) is 5.32 Å². The standard InChI is InChI=1S/C11H14N2O4S/c1-16-9-5-4-8(6-10(9)17-2)12-11(18-3)7-13(14)15/h4-7,12H,1-3H3/b11-7-. The van der Waals surface area contributed by atoms with Crippen molar-refractivity contribution < 1.29 is 14.4 Å². The fraction of sp³-hybridized carbons (Fsp3) is 0.273. The Hall–Kier alpha value is -1.89. The van der Waals surface area contributed by atoms with Crippen molar-refractivity contribution in [2.45, 2.75) is 0 Å². The Morgan fingerprint density at radius 3 is 2.56 bits per heavy atom. The van der Waals surface area contributed by atoms with Crippen LogP contribution in [0.2, 0.25) is 0 Å². The van der Waals surface area contributed by atoms with Gasteiger partial charge in [0.05, 0.1) is 19.1 Å². The van der Waals surface area contributed by atoms with E-state index in [1.807, 2.05) is 0 Å². The minimum atomic E-state index is -0.500. The van der Waals surface area contributed by atoms with Crippen molar-refractivity contribution >= 4 is 17.4 Å². The van der Waals surface area contributed by atoms with E-state index in [-0.39, 0.29) is 0 Å². The number of nitrogens with one attached hydrogen (secondary N) is 1. The SMILES string of the molecule is COc1ccc(N/C(=C/[N+](=O)[O-])SC)cc1OC. The first-order chi connectivity index (χ1) is 8.60. The van der Waals surface area contributed by atoms with Crippen molar-refractivity contribution in [3.63, 3.8) is 0 Å².